The number of methoxy groups -OCH3 is 1. The van der Waals surface area contributed by atoms with Gasteiger partial charge in [-0.25, -0.2) is 0 Å². The number of hydrogen-bond acceptors (Lipinski definition) is 3. The van der Waals surface area contributed by atoms with Crippen molar-refractivity contribution in [3.8, 4) is 5.75 Å². The Labute approximate surface area is 137 Å². The maximum absolute atomic E-state index is 12.7. The van der Waals surface area contributed by atoms with Crippen LogP contribution in [0.4, 0.5) is 0 Å². The molecule has 4 heteroatoms. The average molecular weight is 315 g/mol. The van der Waals surface area contributed by atoms with Gasteiger partial charge in [0.15, 0.2) is 0 Å². The second-order valence-corrected chi connectivity index (χ2v) is 6.54. The van der Waals surface area contributed by atoms with Crippen molar-refractivity contribution in [1.82, 2.24) is 4.90 Å². The molecule has 1 aromatic rings. The summed E-state index contributed by atoms with van der Waals surface area (Å²) in [7, 11) is 1.64. The van der Waals surface area contributed by atoms with Crippen molar-refractivity contribution in [3.05, 3.63) is 41.5 Å². The lowest BCUT2D eigenvalue weighted by atomic mass is 9.94. The fourth-order valence-electron chi connectivity index (χ4n) is 3.63. The minimum absolute atomic E-state index is 0.0336. The lowest BCUT2D eigenvalue weighted by Gasteiger charge is -2.25. The lowest BCUT2D eigenvalue weighted by molar-refractivity contribution is -0.127. The van der Waals surface area contributed by atoms with Crippen molar-refractivity contribution in [2.75, 3.05) is 13.7 Å². The number of aliphatic hydroxyl groups is 1. The predicted octanol–water partition coefficient (Wildman–Crippen LogP) is 3.22. The van der Waals surface area contributed by atoms with E-state index in [4.69, 9.17) is 4.74 Å². The van der Waals surface area contributed by atoms with Crippen molar-refractivity contribution in [2.24, 2.45) is 0 Å². The Kier molecular flexibility index (Phi) is 5.01. The molecule has 4 nitrogen and oxygen atoms in total. The number of nitrogens with zero attached hydrogens (tertiary/aromatic N) is 1. The van der Waals surface area contributed by atoms with Crippen LogP contribution in [0.5, 0.6) is 5.75 Å². The van der Waals surface area contributed by atoms with E-state index in [-0.39, 0.29) is 11.9 Å². The van der Waals surface area contributed by atoms with Crippen molar-refractivity contribution in [3.63, 3.8) is 0 Å². The molecule has 0 radical (unpaired) electrons. The topological polar surface area (TPSA) is 49.8 Å². The molecule has 1 aliphatic carbocycles. The molecule has 1 aliphatic heterocycles. The zero-order valence-electron chi connectivity index (χ0n) is 13.7. The summed E-state index contributed by atoms with van der Waals surface area (Å²) in [6, 6.07) is 7.70. The number of allylic oxidation sites excluding steroid dienone is 1. The van der Waals surface area contributed by atoms with Crippen molar-refractivity contribution >= 4 is 5.91 Å². The van der Waals surface area contributed by atoms with Crippen LogP contribution >= 0.6 is 0 Å². The van der Waals surface area contributed by atoms with E-state index >= 15 is 0 Å². The van der Waals surface area contributed by atoms with Gasteiger partial charge in [0.1, 0.15) is 5.75 Å². The maximum Gasteiger partial charge on any atom is 0.247 e. The first-order valence-electron chi connectivity index (χ1n) is 8.49. The number of β-amino-alcohol motifs (C(OH)–C–C–N with tert-alkyl or cyclic N) is 1. The molecule has 23 heavy (non-hydrogen) atoms. The molecular formula is C19H25NO3. The van der Waals surface area contributed by atoms with Crippen LogP contribution in [-0.2, 0) is 4.79 Å². The van der Waals surface area contributed by atoms with Crippen LogP contribution in [0.3, 0.4) is 0 Å². The molecule has 1 saturated heterocycles. The third-order valence-corrected chi connectivity index (χ3v) is 4.86. The summed E-state index contributed by atoms with van der Waals surface area (Å²) in [5, 5.41) is 10.1. The van der Waals surface area contributed by atoms with Crippen LogP contribution in [0.2, 0.25) is 0 Å². The Morgan fingerprint density at radius 3 is 2.83 bits per heavy atom. The van der Waals surface area contributed by atoms with Crippen molar-refractivity contribution < 1.29 is 14.6 Å². The molecule has 0 bridgehead atoms. The number of amides is 1. The lowest BCUT2D eigenvalue weighted by Crippen LogP contribution is -2.30. The first-order chi connectivity index (χ1) is 11.2. The number of carbonyl (C=O) groups excluding carboxylic acids is 1. The number of aliphatic hydroxyl groups excluding tert-OH is 1. The molecule has 0 aromatic heterocycles. The van der Waals surface area contributed by atoms with Gasteiger partial charge in [0.2, 0.25) is 5.91 Å². The van der Waals surface area contributed by atoms with Crippen LogP contribution in [0.25, 0.3) is 0 Å². The van der Waals surface area contributed by atoms with Gasteiger partial charge in [0, 0.05) is 12.6 Å². The van der Waals surface area contributed by atoms with Crippen LogP contribution in [0.15, 0.2) is 35.9 Å². The molecule has 2 fully saturated rings. The van der Waals surface area contributed by atoms with Gasteiger partial charge in [0.05, 0.1) is 19.3 Å². The zero-order chi connectivity index (χ0) is 16.2. The van der Waals surface area contributed by atoms with Crippen molar-refractivity contribution in [1.29, 1.82) is 0 Å². The van der Waals surface area contributed by atoms with Gasteiger partial charge in [0.25, 0.3) is 0 Å². The second-order valence-electron chi connectivity index (χ2n) is 6.54. The van der Waals surface area contributed by atoms with Gasteiger partial charge >= 0.3 is 0 Å². The summed E-state index contributed by atoms with van der Waals surface area (Å²) in [6.45, 7) is 0.407. The molecular weight excluding hydrogens is 290 g/mol. The minimum atomic E-state index is -0.458. The van der Waals surface area contributed by atoms with E-state index in [1.807, 2.05) is 30.3 Å². The normalized spacial score (nSPS) is 24.6. The predicted molar refractivity (Wildman–Crippen MR) is 89.2 cm³/mol. The summed E-state index contributed by atoms with van der Waals surface area (Å²) >= 11 is 0. The van der Waals surface area contributed by atoms with Gasteiger partial charge in [-0.05, 0) is 49.8 Å². The number of ether oxygens (including phenoxy) is 1. The molecule has 1 N–H and O–H groups in total. The quantitative estimate of drug-likeness (QED) is 0.871. The number of benzene rings is 1. The summed E-state index contributed by atoms with van der Waals surface area (Å²) in [5.41, 5.74) is 2.28. The first kappa shape index (κ1) is 16.1. The third-order valence-electron chi connectivity index (χ3n) is 4.86. The second kappa shape index (κ2) is 7.18. The van der Waals surface area contributed by atoms with E-state index in [0.717, 1.165) is 24.2 Å². The Bertz CT molecular complexity index is 588. The molecule has 1 heterocycles. The smallest absolute Gasteiger partial charge is 0.247 e. The largest absolute Gasteiger partial charge is 0.497 e. The first-order valence-corrected chi connectivity index (χ1v) is 8.49. The fourth-order valence-corrected chi connectivity index (χ4v) is 3.63. The van der Waals surface area contributed by atoms with E-state index in [1.54, 1.807) is 12.0 Å². The maximum atomic E-state index is 12.7. The van der Waals surface area contributed by atoms with Gasteiger partial charge < -0.3 is 14.7 Å². The Morgan fingerprint density at radius 2 is 2.09 bits per heavy atom. The summed E-state index contributed by atoms with van der Waals surface area (Å²) in [4.78, 5) is 14.5. The summed E-state index contributed by atoms with van der Waals surface area (Å²) in [6.07, 6.45) is 7.63. The monoisotopic (exact) mass is 315 g/mol. The number of carbonyl (C=O) groups is 1. The van der Waals surface area contributed by atoms with Crippen molar-refractivity contribution in [2.45, 2.75) is 50.7 Å². The molecule has 3 rings (SSSR count). The SMILES string of the molecule is COc1cccc([C@H]2C[C@H](O)CN2C(=O)C=C2CCCCC2)c1. The van der Waals surface area contributed by atoms with Gasteiger partial charge in [-0.1, -0.05) is 24.1 Å². The van der Waals surface area contributed by atoms with Crippen LogP contribution in [-0.4, -0.2) is 35.7 Å². The van der Waals surface area contributed by atoms with Gasteiger partial charge in [-0.15, -0.1) is 0 Å². The zero-order valence-corrected chi connectivity index (χ0v) is 13.7. The molecule has 1 amide bonds. The number of rotatable bonds is 3. The van der Waals surface area contributed by atoms with E-state index in [9.17, 15) is 9.90 Å². The Balaban J connectivity index is 1.80. The highest BCUT2D eigenvalue weighted by Gasteiger charge is 2.34. The molecule has 2 atom stereocenters. The molecule has 0 unspecified atom stereocenters. The van der Waals surface area contributed by atoms with E-state index in [2.05, 4.69) is 0 Å². The van der Waals surface area contributed by atoms with Gasteiger partial charge in [-0.3, -0.25) is 4.79 Å². The fraction of sp³-hybridized carbons (Fsp3) is 0.526. The Morgan fingerprint density at radius 1 is 1.30 bits per heavy atom. The van der Waals surface area contributed by atoms with Crippen LogP contribution in [0.1, 0.15) is 50.1 Å². The Hall–Kier alpha value is -1.81. The molecule has 0 spiro atoms. The molecule has 1 aromatic carbocycles. The van der Waals surface area contributed by atoms with E-state index < -0.39 is 6.10 Å². The molecule has 1 saturated carbocycles. The highest BCUT2D eigenvalue weighted by molar-refractivity contribution is 5.89. The van der Waals surface area contributed by atoms with Crippen LogP contribution < -0.4 is 4.74 Å². The van der Waals surface area contributed by atoms with E-state index in [0.29, 0.717) is 13.0 Å². The average Bonchev–Trinajstić information content (AvgIpc) is 2.98. The third kappa shape index (κ3) is 3.75. The number of likely N-dealkylation sites (tertiary alicyclic amines) is 1. The summed E-state index contributed by atoms with van der Waals surface area (Å²) in [5.74, 6) is 0.813. The summed E-state index contributed by atoms with van der Waals surface area (Å²) < 4.78 is 5.28. The minimum Gasteiger partial charge on any atom is -0.497 e. The highest BCUT2D eigenvalue weighted by Crippen LogP contribution is 2.34. The number of hydrogen-bond donors (Lipinski definition) is 1. The van der Waals surface area contributed by atoms with E-state index in [1.165, 1.54) is 24.8 Å². The molecule has 124 valence electrons. The molecule has 2 aliphatic rings. The standard InChI is InChI=1S/C19H25NO3/c1-23-17-9-5-8-15(11-17)18-12-16(21)13-20(18)19(22)10-14-6-3-2-4-7-14/h5,8-11,16,18,21H,2-4,6-7,12-13H2,1H3/t16-,18+/m0/s1. The van der Waals surface area contributed by atoms with Gasteiger partial charge in [-0.2, -0.15) is 0 Å². The highest BCUT2D eigenvalue weighted by atomic mass is 16.5. The van der Waals surface area contributed by atoms with Crippen LogP contribution in [0, 0.1) is 0 Å².